The first-order valence-corrected chi connectivity index (χ1v) is 4.28. The number of benzene rings is 1. The summed E-state index contributed by atoms with van der Waals surface area (Å²) in [7, 11) is 0. The van der Waals surface area contributed by atoms with Crippen molar-refractivity contribution in [3.05, 3.63) is 29.6 Å². The zero-order valence-corrected chi connectivity index (χ0v) is 7.83. The second kappa shape index (κ2) is 4.09. The zero-order chi connectivity index (χ0) is 10.7. The van der Waals surface area contributed by atoms with E-state index in [1.54, 1.807) is 13.0 Å². The number of halogens is 1. The third-order valence-corrected chi connectivity index (χ3v) is 2.06. The summed E-state index contributed by atoms with van der Waals surface area (Å²) in [5.41, 5.74) is 6.16. The normalized spacial score (nSPS) is 12.4. The van der Waals surface area contributed by atoms with Crippen molar-refractivity contribution in [1.82, 2.24) is 0 Å². The number of aliphatic carboxylic acids is 1. The van der Waals surface area contributed by atoms with Crippen molar-refractivity contribution in [2.24, 2.45) is 0 Å². The van der Waals surface area contributed by atoms with Crippen molar-refractivity contribution in [3.8, 4) is 0 Å². The molecular formula is C10H12FNO2. The summed E-state index contributed by atoms with van der Waals surface area (Å²) in [6.45, 7) is 1.64. The third kappa shape index (κ3) is 2.22. The first kappa shape index (κ1) is 10.5. The topological polar surface area (TPSA) is 63.3 Å². The van der Waals surface area contributed by atoms with Crippen LogP contribution < -0.4 is 5.73 Å². The highest BCUT2D eigenvalue weighted by molar-refractivity contribution is 5.68. The molecule has 3 nitrogen and oxygen atoms in total. The van der Waals surface area contributed by atoms with Gasteiger partial charge in [0.25, 0.3) is 0 Å². The van der Waals surface area contributed by atoms with E-state index < -0.39 is 17.7 Å². The Morgan fingerprint density at radius 1 is 1.64 bits per heavy atom. The number of carboxylic acid groups (broad SMARTS) is 1. The molecule has 14 heavy (non-hydrogen) atoms. The molecule has 0 bridgehead atoms. The molecule has 0 fully saturated rings. The Morgan fingerprint density at radius 2 is 2.29 bits per heavy atom. The maximum Gasteiger partial charge on any atom is 0.303 e. The van der Waals surface area contributed by atoms with Gasteiger partial charge in [0.2, 0.25) is 0 Å². The van der Waals surface area contributed by atoms with Crippen molar-refractivity contribution in [2.75, 3.05) is 5.73 Å². The van der Waals surface area contributed by atoms with Crippen molar-refractivity contribution >= 4 is 11.7 Å². The van der Waals surface area contributed by atoms with Gasteiger partial charge in [-0.3, -0.25) is 4.79 Å². The van der Waals surface area contributed by atoms with Crippen LogP contribution in [0.3, 0.4) is 0 Å². The molecule has 0 saturated heterocycles. The van der Waals surface area contributed by atoms with Gasteiger partial charge in [0.15, 0.2) is 0 Å². The SMILES string of the molecule is CC(CC(=O)O)c1c(N)cccc1F. The third-order valence-electron chi connectivity index (χ3n) is 2.06. The van der Waals surface area contributed by atoms with Crippen LogP contribution in [-0.2, 0) is 4.79 Å². The average molecular weight is 197 g/mol. The highest BCUT2D eigenvalue weighted by Crippen LogP contribution is 2.27. The Labute approximate surface area is 81.4 Å². The average Bonchev–Trinajstić information content (AvgIpc) is 2.01. The number of rotatable bonds is 3. The molecule has 0 spiro atoms. The van der Waals surface area contributed by atoms with E-state index >= 15 is 0 Å². The maximum atomic E-state index is 13.3. The minimum Gasteiger partial charge on any atom is -0.481 e. The number of nitrogens with two attached hydrogens (primary N) is 1. The second-order valence-electron chi connectivity index (χ2n) is 3.24. The van der Waals surface area contributed by atoms with E-state index in [1.165, 1.54) is 12.1 Å². The van der Waals surface area contributed by atoms with Gasteiger partial charge >= 0.3 is 5.97 Å². The van der Waals surface area contributed by atoms with Gasteiger partial charge in [-0.15, -0.1) is 0 Å². The van der Waals surface area contributed by atoms with Crippen molar-refractivity contribution in [3.63, 3.8) is 0 Å². The largest absolute Gasteiger partial charge is 0.481 e. The molecule has 0 aliphatic heterocycles. The minimum absolute atomic E-state index is 0.120. The fraction of sp³-hybridized carbons (Fsp3) is 0.300. The highest BCUT2D eigenvalue weighted by atomic mass is 19.1. The molecule has 0 amide bonds. The Bertz CT molecular complexity index is 332. The number of carbonyl (C=O) groups is 1. The lowest BCUT2D eigenvalue weighted by Gasteiger charge is -2.12. The van der Waals surface area contributed by atoms with Gasteiger partial charge in [0.1, 0.15) is 5.82 Å². The molecule has 0 saturated carbocycles. The Hall–Kier alpha value is -1.58. The number of hydrogen-bond donors (Lipinski definition) is 2. The summed E-state index contributed by atoms with van der Waals surface area (Å²) >= 11 is 0. The molecule has 1 unspecified atom stereocenters. The number of hydrogen-bond acceptors (Lipinski definition) is 2. The first-order chi connectivity index (χ1) is 6.52. The van der Waals surface area contributed by atoms with Crippen LogP contribution in [0, 0.1) is 5.82 Å². The lowest BCUT2D eigenvalue weighted by molar-refractivity contribution is -0.137. The number of anilines is 1. The Balaban J connectivity index is 2.99. The molecule has 0 heterocycles. The molecule has 1 rings (SSSR count). The molecule has 76 valence electrons. The summed E-state index contributed by atoms with van der Waals surface area (Å²) in [6, 6.07) is 4.35. The van der Waals surface area contributed by atoms with Crippen LogP contribution in [0.1, 0.15) is 24.8 Å². The summed E-state index contributed by atoms with van der Waals surface area (Å²) in [5, 5.41) is 8.56. The van der Waals surface area contributed by atoms with Crippen molar-refractivity contribution < 1.29 is 14.3 Å². The van der Waals surface area contributed by atoms with Crippen LogP contribution in [0.4, 0.5) is 10.1 Å². The van der Waals surface area contributed by atoms with E-state index in [-0.39, 0.29) is 12.0 Å². The lowest BCUT2D eigenvalue weighted by Crippen LogP contribution is -2.07. The number of carboxylic acids is 1. The molecule has 0 aliphatic rings. The summed E-state index contributed by atoms with van der Waals surface area (Å²) in [5.74, 6) is -1.81. The van der Waals surface area contributed by atoms with Gasteiger partial charge in [-0.1, -0.05) is 13.0 Å². The molecule has 4 heteroatoms. The summed E-state index contributed by atoms with van der Waals surface area (Å²) in [6.07, 6.45) is -0.120. The zero-order valence-electron chi connectivity index (χ0n) is 7.83. The molecule has 1 aromatic carbocycles. The van der Waals surface area contributed by atoms with E-state index in [4.69, 9.17) is 10.8 Å². The van der Waals surface area contributed by atoms with E-state index in [2.05, 4.69) is 0 Å². The summed E-state index contributed by atoms with van der Waals surface area (Å²) < 4.78 is 13.3. The van der Waals surface area contributed by atoms with Crippen molar-refractivity contribution in [2.45, 2.75) is 19.3 Å². The van der Waals surface area contributed by atoms with Crippen LogP contribution in [0.2, 0.25) is 0 Å². The molecule has 1 atom stereocenters. The minimum atomic E-state index is -0.958. The van der Waals surface area contributed by atoms with E-state index in [1.807, 2.05) is 0 Å². The van der Waals surface area contributed by atoms with E-state index in [0.29, 0.717) is 5.69 Å². The maximum absolute atomic E-state index is 13.3. The second-order valence-corrected chi connectivity index (χ2v) is 3.24. The van der Waals surface area contributed by atoms with Crippen LogP contribution in [0.25, 0.3) is 0 Å². The lowest BCUT2D eigenvalue weighted by atomic mass is 9.96. The fourth-order valence-electron chi connectivity index (χ4n) is 1.44. The summed E-state index contributed by atoms with van der Waals surface area (Å²) in [4.78, 5) is 10.4. The predicted octanol–water partition coefficient (Wildman–Crippen LogP) is 1.99. The van der Waals surface area contributed by atoms with Gasteiger partial charge in [0.05, 0.1) is 6.42 Å². The molecule has 0 aromatic heterocycles. The van der Waals surface area contributed by atoms with E-state index in [9.17, 15) is 9.18 Å². The van der Waals surface area contributed by atoms with Crippen LogP contribution >= 0.6 is 0 Å². The van der Waals surface area contributed by atoms with Crippen molar-refractivity contribution in [1.29, 1.82) is 0 Å². The Kier molecular flexibility index (Phi) is 3.06. The van der Waals surface area contributed by atoms with Gasteiger partial charge in [-0.25, -0.2) is 4.39 Å². The van der Waals surface area contributed by atoms with Gasteiger partial charge in [-0.05, 0) is 18.1 Å². The monoisotopic (exact) mass is 197 g/mol. The highest BCUT2D eigenvalue weighted by Gasteiger charge is 2.16. The molecular weight excluding hydrogens is 185 g/mol. The first-order valence-electron chi connectivity index (χ1n) is 4.28. The number of nitrogen functional groups attached to an aromatic ring is 1. The Morgan fingerprint density at radius 3 is 2.79 bits per heavy atom. The predicted molar refractivity (Wildman–Crippen MR) is 51.5 cm³/mol. The molecule has 1 aromatic rings. The van der Waals surface area contributed by atoms with Crippen LogP contribution in [-0.4, -0.2) is 11.1 Å². The van der Waals surface area contributed by atoms with Gasteiger partial charge in [0, 0.05) is 11.3 Å². The van der Waals surface area contributed by atoms with Crippen LogP contribution in [0.5, 0.6) is 0 Å². The molecule has 3 N–H and O–H groups in total. The van der Waals surface area contributed by atoms with Crippen LogP contribution in [0.15, 0.2) is 18.2 Å². The molecule has 0 aliphatic carbocycles. The fourth-order valence-corrected chi connectivity index (χ4v) is 1.44. The quantitative estimate of drug-likeness (QED) is 0.728. The smallest absolute Gasteiger partial charge is 0.303 e. The van der Waals surface area contributed by atoms with Gasteiger partial charge in [-0.2, -0.15) is 0 Å². The van der Waals surface area contributed by atoms with E-state index in [0.717, 1.165) is 0 Å². The standard InChI is InChI=1S/C10H12FNO2/c1-6(5-9(13)14)10-7(11)3-2-4-8(10)12/h2-4,6H,5,12H2,1H3,(H,13,14). The van der Waals surface area contributed by atoms with Gasteiger partial charge < -0.3 is 10.8 Å². The molecule has 0 radical (unpaired) electrons.